The van der Waals surface area contributed by atoms with Gasteiger partial charge in [-0.25, -0.2) is 4.98 Å². The van der Waals surface area contributed by atoms with Crippen LogP contribution in [0.15, 0.2) is 24.3 Å². The summed E-state index contributed by atoms with van der Waals surface area (Å²) < 4.78 is 6.85. The predicted molar refractivity (Wildman–Crippen MR) is 73.9 cm³/mol. The number of methoxy groups -OCH3 is 1. The molecule has 0 saturated carbocycles. The molecule has 0 saturated heterocycles. The normalized spacial score (nSPS) is 10.8. The summed E-state index contributed by atoms with van der Waals surface area (Å²) in [7, 11) is 3.53. The van der Waals surface area contributed by atoms with Crippen LogP contribution in [0.25, 0.3) is 11.0 Å². The molecule has 0 aliphatic rings. The number of aryl methyl sites for hydroxylation is 2. The fourth-order valence-corrected chi connectivity index (χ4v) is 2.08. The zero-order valence-electron chi connectivity index (χ0n) is 11.3. The quantitative estimate of drug-likeness (QED) is 0.797. The van der Waals surface area contributed by atoms with Crippen LogP contribution in [-0.4, -0.2) is 35.7 Å². The molecule has 1 aromatic carbocycles. The van der Waals surface area contributed by atoms with Crippen molar-refractivity contribution in [1.82, 2.24) is 14.9 Å². The van der Waals surface area contributed by atoms with E-state index in [9.17, 15) is 4.79 Å². The number of carbonyl (C=O) groups is 1. The molecule has 0 bridgehead atoms. The molecule has 1 aromatic heterocycles. The molecule has 2 aromatic rings. The number of rotatable bonds is 6. The Labute approximate surface area is 112 Å². The number of aromatic nitrogens is 2. The molecule has 0 radical (unpaired) electrons. The Kier molecular flexibility index (Phi) is 4.52. The Balaban J connectivity index is 1.88. The molecule has 0 unspecified atom stereocenters. The minimum atomic E-state index is -0.0764. The van der Waals surface area contributed by atoms with Gasteiger partial charge in [-0.3, -0.25) is 4.79 Å². The molecule has 5 nitrogen and oxygen atoms in total. The smallest absolute Gasteiger partial charge is 0.245 e. The zero-order valence-corrected chi connectivity index (χ0v) is 11.3. The minimum absolute atomic E-state index is 0.0764. The Morgan fingerprint density at radius 3 is 2.95 bits per heavy atom. The molecular formula is C14H19N3O2. The maximum Gasteiger partial charge on any atom is 0.245 e. The number of ether oxygens (including phenoxy) is 1. The van der Waals surface area contributed by atoms with Gasteiger partial charge < -0.3 is 14.6 Å². The number of nitrogens with one attached hydrogen (secondary N) is 1. The van der Waals surface area contributed by atoms with E-state index in [1.165, 1.54) is 7.11 Å². The maximum atomic E-state index is 11.2. The Hall–Kier alpha value is -1.88. The highest BCUT2D eigenvalue weighted by atomic mass is 16.5. The van der Waals surface area contributed by atoms with Crippen LogP contribution < -0.4 is 5.32 Å². The van der Waals surface area contributed by atoms with Crippen LogP contribution in [0.1, 0.15) is 12.2 Å². The molecular weight excluding hydrogens is 242 g/mol. The van der Waals surface area contributed by atoms with Crippen molar-refractivity contribution in [2.75, 3.05) is 20.3 Å². The van der Waals surface area contributed by atoms with E-state index in [1.807, 2.05) is 25.2 Å². The maximum absolute atomic E-state index is 11.2. The first kappa shape index (κ1) is 13.5. The van der Waals surface area contributed by atoms with E-state index in [4.69, 9.17) is 4.74 Å². The third-order valence-corrected chi connectivity index (χ3v) is 3.05. The van der Waals surface area contributed by atoms with Crippen molar-refractivity contribution in [3.8, 4) is 0 Å². The highest BCUT2D eigenvalue weighted by Gasteiger charge is 2.06. The van der Waals surface area contributed by atoms with Crippen LogP contribution in [0, 0.1) is 0 Å². The number of hydrogen-bond donors (Lipinski definition) is 1. The number of fused-ring (bicyclic) bond motifs is 1. The van der Waals surface area contributed by atoms with Gasteiger partial charge in [-0.15, -0.1) is 0 Å². The van der Waals surface area contributed by atoms with Gasteiger partial charge in [0.25, 0.3) is 0 Å². The lowest BCUT2D eigenvalue weighted by atomic mass is 10.3. The number of para-hydroxylation sites is 2. The largest absolute Gasteiger partial charge is 0.375 e. The Morgan fingerprint density at radius 1 is 1.42 bits per heavy atom. The van der Waals surface area contributed by atoms with E-state index < -0.39 is 0 Å². The van der Waals surface area contributed by atoms with E-state index in [0.717, 1.165) is 29.7 Å². The summed E-state index contributed by atoms with van der Waals surface area (Å²) >= 11 is 0. The molecule has 5 heteroatoms. The third-order valence-electron chi connectivity index (χ3n) is 3.05. The summed E-state index contributed by atoms with van der Waals surface area (Å²) in [5.41, 5.74) is 2.16. The van der Waals surface area contributed by atoms with Gasteiger partial charge in [0.2, 0.25) is 5.91 Å². The van der Waals surface area contributed by atoms with Gasteiger partial charge in [0.1, 0.15) is 12.4 Å². The Morgan fingerprint density at radius 2 is 2.21 bits per heavy atom. The van der Waals surface area contributed by atoms with E-state index >= 15 is 0 Å². The van der Waals surface area contributed by atoms with Crippen molar-refractivity contribution in [3.63, 3.8) is 0 Å². The van der Waals surface area contributed by atoms with Crippen molar-refractivity contribution in [2.45, 2.75) is 12.8 Å². The van der Waals surface area contributed by atoms with Gasteiger partial charge >= 0.3 is 0 Å². The van der Waals surface area contributed by atoms with Crippen LogP contribution in [0.2, 0.25) is 0 Å². The van der Waals surface area contributed by atoms with Gasteiger partial charge in [-0.05, 0) is 18.6 Å². The van der Waals surface area contributed by atoms with E-state index in [-0.39, 0.29) is 12.5 Å². The van der Waals surface area contributed by atoms with Gasteiger partial charge in [0.05, 0.1) is 11.0 Å². The van der Waals surface area contributed by atoms with Crippen LogP contribution in [-0.2, 0) is 23.0 Å². The summed E-state index contributed by atoms with van der Waals surface area (Å²) in [5, 5.41) is 2.81. The van der Waals surface area contributed by atoms with E-state index in [0.29, 0.717) is 6.54 Å². The minimum Gasteiger partial charge on any atom is -0.375 e. The molecule has 2 rings (SSSR count). The van der Waals surface area contributed by atoms with Crippen molar-refractivity contribution in [1.29, 1.82) is 0 Å². The predicted octanol–water partition coefficient (Wildman–Crippen LogP) is 1.27. The second-order valence-electron chi connectivity index (χ2n) is 4.46. The molecule has 1 heterocycles. The summed E-state index contributed by atoms with van der Waals surface area (Å²) in [5.74, 6) is 0.967. The molecule has 0 aliphatic carbocycles. The van der Waals surface area contributed by atoms with Gasteiger partial charge in [-0.1, -0.05) is 12.1 Å². The van der Waals surface area contributed by atoms with E-state index in [2.05, 4.69) is 20.9 Å². The molecule has 0 aliphatic heterocycles. The fraction of sp³-hybridized carbons (Fsp3) is 0.429. The number of benzene rings is 1. The van der Waals surface area contributed by atoms with Crippen molar-refractivity contribution in [3.05, 3.63) is 30.1 Å². The van der Waals surface area contributed by atoms with Gasteiger partial charge in [0, 0.05) is 27.1 Å². The van der Waals surface area contributed by atoms with Crippen LogP contribution in [0.5, 0.6) is 0 Å². The molecule has 102 valence electrons. The third kappa shape index (κ3) is 3.32. The average Bonchev–Trinajstić information content (AvgIpc) is 2.73. The monoisotopic (exact) mass is 261 g/mol. The molecule has 0 spiro atoms. The highest BCUT2D eigenvalue weighted by Crippen LogP contribution is 2.14. The first-order chi connectivity index (χ1) is 9.22. The SMILES string of the molecule is COCC(=O)NCCCc1nc2ccccc2n1C. The summed E-state index contributed by atoms with van der Waals surface area (Å²) in [6, 6.07) is 8.08. The van der Waals surface area contributed by atoms with Crippen LogP contribution >= 0.6 is 0 Å². The number of amides is 1. The molecule has 19 heavy (non-hydrogen) atoms. The number of hydrogen-bond acceptors (Lipinski definition) is 3. The van der Waals surface area contributed by atoms with Crippen molar-refractivity contribution < 1.29 is 9.53 Å². The highest BCUT2D eigenvalue weighted by molar-refractivity contribution is 5.77. The Bertz CT molecular complexity index is 563. The number of imidazole rings is 1. The second-order valence-corrected chi connectivity index (χ2v) is 4.46. The second kappa shape index (κ2) is 6.33. The number of nitrogens with zero attached hydrogens (tertiary/aromatic N) is 2. The lowest BCUT2D eigenvalue weighted by Gasteiger charge is -2.04. The van der Waals surface area contributed by atoms with Gasteiger partial charge in [-0.2, -0.15) is 0 Å². The molecule has 1 amide bonds. The molecule has 0 fully saturated rings. The summed E-state index contributed by atoms with van der Waals surface area (Å²) in [6.07, 6.45) is 1.71. The molecule has 1 N–H and O–H groups in total. The van der Waals surface area contributed by atoms with Gasteiger partial charge in [0.15, 0.2) is 0 Å². The summed E-state index contributed by atoms with van der Waals surface area (Å²) in [4.78, 5) is 15.8. The van der Waals surface area contributed by atoms with Crippen LogP contribution in [0.4, 0.5) is 0 Å². The van der Waals surface area contributed by atoms with Crippen molar-refractivity contribution >= 4 is 16.9 Å². The average molecular weight is 261 g/mol. The molecule has 0 atom stereocenters. The fourth-order valence-electron chi connectivity index (χ4n) is 2.08. The lowest BCUT2D eigenvalue weighted by molar-refractivity contribution is -0.124. The summed E-state index contributed by atoms with van der Waals surface area (Å²) in [6.45, 7) is 0.762. The lowest BCUT2D eigenvalue weighted by Crippen LogP contribution is -2.28. The topological polar surface area (TPSA) is 56.1 Å². The first-order valence-electron chi connectivity index (χ1n) is 6.38. The zero-order chi connectivity index (χ0) is 13.7. The van der Waals surface area contributed by atoms with Crippen molar-refractivity contribution in [2.24, 2.45) is 7.05 Å². The van der Waals surface area contributed by atoms with Crippen LogP contribution in [0.3, 0.4) is 0 Å². The standard InChI is InChI=1S/C14H19N3O2/c1-17-12-7-4-3-6-11(12)16-13(17)8-5-9-15-14(18)10-19-2/h3-4,6-7H,5,8-10H2,1-2H3,(H,15,18). The number of carbonyl (C=O) groups excluding carboxylic acids is 1. The first-order valence-corrected chi connectivity index (χ1v) is 6.38. The van der Waals surface area contributed by atoms with E-state index in [1.54, 1.807) is 0 Å².